The highest BCUT2D eigenvalue weighted by atomic mass is 16.5. The third-order valence-electron chi connectivity index (χ3n) is 1.93. The molecule has 0 aliphatic carbocycles. The monoisotopic (exact) mass is 221 g/mol. The molecule has 0 aliphatic heterocycles. The number of aryl methyl sites for hydroxylation is 1. The van der Waals surface area contributed by atoms with Gasteiger partial charge in [0, 0.05) is 0 Å². The van der Waals surface area contributed by atoms with Crippen LogP contribution in [-0.2, 0) is 4.74 Å². The first kappa shape index (κ1) is 12.2. The summed E-state index contributed by atoms with van der Waals surface area (Å²) in [5.41, 5.74) is 0.886. The highest BCUT2D eigenvalue weighted by Gasteiger charge is 2.19. The molecule has 0 atom stereocenters. The van der Waals surface area contributed by atoms with Gasteiger partial charge >= 0.3 is 5.97 Å². The fourth-order valence-corrected chi connectivity index (χ4v) is 1.21. The van der Waals surface area contributed by atoms with Crippen LogP contribution in [0.5, 0.6) is 0 Å². The summed E-state index contributed by atoms with van der Waals surface area (Å²) in [6, 6.07) is 0. The predicted molar refractivity (Wildman–Crippen MR) is 61.0 cm³/mol. The minimum Gasteiger partial charge on any atom is -0.462 e. The lowest BCUT2D eigenvalue weighted by Gasteiger charge is -1.99. The molecule has 1 rings (SSSR count). The molecule has 4 nitrogen and oxygen atoms in total. The Balaban J connectivity index is 2.98. The van der Waals surface area contributed by atoms with E-state index < -0.39 is 5.97 Å². The molecule has 86 valence electrons. The Kier molecular flexibility index (Phi) is 4.51. The van der Waals surface area contributed by atoms with Gasteiger partial charge in [-0.1, -0.05) is 23.4 Å². The summed E-state index contributed by atoms with van der Waals surface area (Å²) in [7, 11) is 0. The molecule has 0 fully saturated rings. The lowest BCUT2D eigenvalue weighted by atomic mass is 10.2. The zero-order valence-electron chi connectivity index (χ0n) is 9.69. The first-order chi connectivity index (χ1) is 7.70. The van der Waals surface area contributed by atoms with Crippen molar-refractivity contribution in [3.8, 4) is 0 Å². The van der Waals surface area contributed by atoms with Crippen molar-refractivity contribution in [1.82, 2.24) is 5.16 Å². The van der Waals surface area contributed by atoms with Crippen LogP contribution in [0, 0.1) is 6.92 Å². The van der Waals surface area contributed by atoms with E-state index in [0.717, 1.165) is 0 Å². The van der Waals surface area contributed by atoms with Crippen LogP contribution in [0.4, 0.5) is 0 Å². The number of rotatable bonds is 4. The molecule has 1 heterocycles. The standard InChI is InChI=1S/C12H15NO3/c1-4-6-7-8-10-11(9(3)16-13-10)12(14)15-5-2/h4,6-8H,5H2,1-3H3/b6-4+,8-7-. The molecule has 0 aromatic carbocycles. The van der Waals surface area contributed by atoms with Gasteiger partial charge in [-0.2, -0.15) is 0 Å². The second-order valence-corrected chi connectivity index (χ2v) is 3.10. The molecule has 0 spiro atoms. The number of hydrogen-bond donors (Lipinski definition) is 0. The Morgan fingerprint density at radius 3 is 2.88 bits per heavy atom. The van der Waals surface area contributed by atoms with Gasteiger partial charge in [-0.15, -0.1) is 0 Å². The molecule has 0 N–H and O–H groups in total. The van der Waals surface area contributed by atoms with Crippen LogP contribution in [0.2, 0.25) is 0 Å². The van der Waals surface area contributed by atoms with Crippen LogP contribution in [0.1, 0.15) is 35.7 Å². The summed E-state index contributed by atoms with van der Waals surface area (Å²) in [5, 5.41) is 3.79. The summed E-state index contributed by atoms with van der Waals surface area (Å²) in [6.45, 7) is 5.69. The van der Waals surface area contributed by atoms with E-state index in [4.69, 9.17) is 9.26 Å². The lowest BCUT2D eigenvalue weighted by Crippen LogP contribution is -2.06. The number of nitrogens with zero attached hydrogens (tertiary/aromatic N) is 1. The first-order valence-electron chi connectivity index (χ1n) is 5.13. The topological polar surface area (TPSA) is 52.3 Å². The molecular weight excluding hydrogens is 206 g/mol. The zero-order valence-corrected chi connectivity index (χ0v) is 9.69. The van der Waals surface area contributed by atoms with Crippen molar-refractivity contribution in [2.75, 3.05) is 6.61 Å². The first-order valence-corrected chi connectivity index (χ1v) is 5.13. The van der Waals surface area contributed by atoms with Crippen molar-refractivity contribution in [2.24, 2.45) is 0 Å². The van der Waals surface area contributed by atoms with E-state index in [9.17, 15) is 4.79 Å². The van der Waals surface area contributed by atoms with E-state index in [1.165, 1.54) is 0 Å². The lowest BCUT2D eigenvalue weighted by molar-refractivity contribution is 0.0524. The maximum Gasteiger partial charge on any atom is 0.344 e. The van der Waals surface area contributed by atoms with E-state index in [1.807, 2.05) is 19.1 Å². The highest BCUT2D eigenvalue weighted by Crippen LogP contribution is 2.16. The zero-order chi connectivity index (χ0) is 12.0. The molecule has 0 radical (unpaired) electrons. The summed E-state index contributed by atoms with van der Waals surface area (Å²) in [6.07, 6.45) is 7.23. The van der Waals surface area contributed by atoms with Gasteiger partial charge in [-0.25, -0.2) is 4.79 Å². The van der Waals surface area contributed by atoms with Crippen molar-refractivity contribution >= 4 is 12.0 Å². The van der Waals surface area contributed by atoms with E-state index in [0.29, 0.717) is 23.6 Å². The van der Waals surface area contributed by atoms with Crippen LogP contribution >= 0.6 is 0 Å². The second-order valence-electron chi connectivity index (χ2n) is 3.10. The van der Waals surface area contributed by atoms with E-state index in [1.54, 1.807) is 26.0 Å². The van der Waals surface area contributed by atoms with Crippen LogP contribution in [0.15, 0.2) is 22.8 Å². The number of hydrogen-bond acceptors (Lipinski definition) is 4. The van der Waals surface area contributed by atoms with Crippen LogP contribution in [0.25, 0.3) is 6.08 Å². The molecule has 0 bridgehead atoms. The third kappa shape index (κ3) is 2.82. The molecule has 16 heavy (non-hydrogen) atoms. The second kappa shape index (κ2) is 5.90. The molecule has 1 aromatic rings. The highest BCUT2D eigenvalue weighted by molar-refractivity contribution is 5.93. The maximum atomic E-state index is 11.6. The normalized spacial score (nSPS) is 11.4. The van der Waals surface area contributed by atoms with Gasteiger partial charge in [0.1, 0.15) is 17.0 Å². The largest absolute Gasteiger partial charge is 0.462 e. The van der Waals surface area contributed by atoms with Gasteiger partial charge in [0.25, 0.3) is 0 Å². The Hall–Kier alpha value is -1.84. The van der Waals surface area contributed by atoms with Crippen molar-refractivity contribution in [1.29, 1.82) is 0 Å². The number of carbonyl (C=O) groups excluding carboxylic acids is 1. The third-order valence-corrected chi connectivity index (χ3v) is 1.93. The van der Waals surface area contributed by atoms with Crippen molar-refractivity contribution < 1.29 is 14.1 Å². The minimum atomic E-state index is -0.402. The average Bonchev–Trinajstić information content (AvgIpc) is 2.61. The van der Waals surface area contributed by atoms with Gasteiger partial charge in [0.2, 0.25) is 0 Å². The molecule has 0 saturated carbocycles. The SMILES string of the molecule is C/C=C/C=C\c1noc(C)c1C(=O)OCC. The Labute approximate surface area is 94.6 Å². The molecule has 0 amide bonds. The van der Waals surface area contributed by atoms with Gasteiger partial charge in [-0.3, -0.25) is 0 Å². The molecule has 0 unspecified atom stereocenters. The van der Waals surface area contributed by atoms with Gasteiger partial charge in [0.05, 0.1) is 6.61 Å². The van der Waals surface area contributed by atoms with Crippen LogP contribution in [0.3, 0.4) is 0 Å². The maximum absolute atomic E-state index is 11.6. The summed E-state index contributed by atoms with van der Waals surface area (Å²) in [4.78, 5) is 11.6. The van der Waals surface area contributed by atoms with Crippen molar-refractivity contribution in [3.63, 3.8) is 0 Å². The fourth-order valence-electron chi connectivity index (χ4n) is 1.21. The number of aromatic nitrogens is 1. The number of carbonyl (C=O) groups is 1. The van der Waals surface area contributed by atoms with E-state index >= 15 is 0 Å². The average molecular weight is 221 g/mol. The summed E-state index contributed by atoms with van der Waals surface area (Å²) < 4.78 is 9.89. The molecule has 0 aliphatic rings. The quantitative estimate of drug-likeness (QED) is 0.579. The van der Waals surface area contributed by atoms with Gasteiger partial charge in [-0.05, 0) is 26.8 Å². The Morgan fingerprint density at radius 1 is 1.50 bits per heavy atom. The molecular formula is C12H15NO3. The van der Waals surface area contributed by atoms with Gasteiger partial charge in [0.15, 0.2) is 0 Å². The van der Waals surface area contributed by atoms with Crippen LogP contribution < -0.4 is 0 Å². The van der Waals surface area contributed by atoms with Crippen molar-refractivity contribution in [3.05, 3.63) is 35.2 Å². The summed E-state index contributed by atoms with van der Waals surface area (Å²) in [5.74, 6) is 0.0694. The Bertz CT molecular complexity index is 416. The van der Waals surface area contributed by atoms with E-state index in [-0.39, 0.29) is 0 Å². The fraction of sp³-hybridized carbons (Fsp3) is 0.333. The van der Waals surface area contributed by atoms with E-state index in [2.05, 4.69) is 5.16 Å². The summed E-state index contributed by atoms with van der Waals surface area (Å²) >= 11 is 0. The number of allylic oxidation sites excluding steroid dienone is 3. The van der Waals surface area contributed by atoms with Crippen LogP contribution in [-0.4, -0.2) is 17.7 Å². The number of ether oxygens (including phenoxy) is 1. The molecule has 1 aromatic heterocycles. The van der Waals surface area contributed by atoms with Crippen molar-refractivity contribution in [2.45, 2.75) is 20.8 Å². The predicted octanol–water partition coefficient (Wildman–Crippen LogP) is 2.75. The minimum absolute atomic E-state index is 0.335. The Morgan fingerprint density at radius 2 is 2.25 bits per heavy atom. The molecule has 0 saturated heterocycles. The number of esters is 1. The molecule has 4 heteroatoms. The van der Waals surface area contributed by atoms with Gasteiger partial charge < -0.3 is 9.26 Å². The smallest absolute Gasteiger partial charge is 0.344 e.